The fourth-order valence-electron chi connectivity index (χ4n) is 4.89. The van der Waals surface area contributed by atoms with Crippen molar-refractivity contribution < 1.29 is 17.2 Å². The predicted molar refractivity (Wildman–Crippen MR) is 113 cm³/mol. The summed E-state index contributed by atoms with van der Waals surface area (Å²) in [5.74, 6) is 0.267. The van der Waals surface area contributed by atoms with Crippen molar-refractivity contribution >= 4 is 27.3 Å². The third kappa shape index (κ3) is 3.09. The minimum absolute atomic E-state index is 0. The second-order valence-electron chi connectivity index (χ2n) is 9.01. The first-order chi connectivity index (χ1) is 12.9. The number of fused-ring (bicyclic) bond motifs is 4. The molecule has 0 spiro atoms. The lowest BCUT2D eigenvalue weighted by molar-refractivity contribution is -0.0000159. The predicted octanol–water partition coefficient (Wildman–Crippen LogP) is 3.31. The second kappa shape index (κ2) is 6.96. The molecule has 2 aliphatic carbocycles. The number of benzene rings is 1. The number of carbonyl (C=O) groups is 1. The molecule has 146 valence electrons. The summed E-state index contributed by atoms with van der Waals surface area (Å²) in [4.78, 5) is 21.0. The van der Waals surface area contributed by atoms with Gasteiger partial charge < -0.3 is 12.4 Å². The zero-order valence-electron chi connectivity index (χ0n) is 16.7. The van der Waals surface area contributed by atoms with Crippen molar-refractivity contribution in [2.45, 2.75) is 59.3 Å². The van der Waals surface area contributed by atoms with E-state index in [1.165, 1.54) is 45.4 Å². The molecule has 0 fully saturated rings. The summed E-state index contributed by atoms with van der Waals surface area (Å²) < 4.78 is 0. The fourth-order valence-corrected chi connectivity index (χ4v) is 6.18. The Bertz CT molecular complexity index is 1100. The molecule has 28 heavy (non-hydrogen) atoms. The van der Waals surface area contributed by atoms with Gasteiger partial charge in [-0.15, -0.1) is 11.3 Å². The number of ketones is 1. The number of hydrogen-bond donors (Lipinski definition) is 0. The van der Waals surface area contributed by atoms with E-state index in [2.05, 4.69) is 45.0 Å². The minimum atomic E-state index is -0.00842. The van der Waals surface area contributed by atoms with Crippen LogP contribution in [-0.4, -0.2) is 10.8 Å². The molecule has 3 aromatic rings. The molecule has 4 heteroatoms. The molecule has 0 unspecified atom stereocenters. The normalized spacial score (nSPS) is 17.8. The SMILES string of the molecule is Cc1cccc(-c2c3c(nc4sc5c(c24)CCCC5)CC(C)(C)CC3=O)c1.[Cl-]. The van der Waals surface area contributed by atoms with E-state index in [-0.39, 0.29) is 23.6 Å². The molecular weight excluding hydrogens is 386 g/mol. The van der Waals surface area contributed by atoms with E-state index >= 15 is 0 Å². The number of aryl methyl sites for hydroxylation is 3. The lowest BCUT2D eigenvalue weighted by atomic mass is 9.73. The molecule has 1 aromatic carbocycles. The summed E-state index contributed by atoms with van der Waals surface area (Å²) in [6.45, 7) is 6.50. The molecule has 2 aromatic heterocycles. The molecule has 0 aliphatic heterocycles. The fraction of sp³-hybridized carbons (Fsp3) is 0.417. The average Bonchev–Trinajstić information content (AvgIpc) is 2.96. The van der Waals surface area contributed by atoms with Gasteiger partial charge in [0, 0.05) is 27.8 Å². The van der Waals surface area contributed by atoms with Crippen molar-refractivity contribution in [1.29, 1.82) is 0 Å². The van der Waals surface area contributed by atoms with Crippen LogP contribution < -0.4 is 12.4 Å². The van der Waals surface area contributed by atoms with Gasteiger partial charge in [0.25, 0.3) is 0 Å². The van der Waals surface area contributed by atoms with Crippen molar-refractivity contribution in [3.63, 3.8) is 0 Å². The Morgan fingerprint density at radius 3 is 2.64 bits per heavy atom. The van der Waals surface area contributed by atoms with Crippen LogP contribution in [0.2, 0.25) is 0 Å². The molecule has 0 amide bonds. The first-order valence-electron chi connectivity index (χ1n) is 10.0. The van der Waals surface area contributed by atoms with Crippen molar-refractivity contribution in [2.75, 3.05) is 0 Å². The summed E-state index contributed by atoms with van der Waals surface area (Å²) in [5, 5.41) is 1.27. The molecule has 2 aliphatic rings. The maximum atomic E-state index is 13.3. The van der Waals surface area contributed by atoms with Crippen LogP contribution in [-0.2, 0) is 19.3 Å². The molecule has 0 saturated heterocycles. The van der Waals surface area contributed by atoms with Gasteiger partial charge in [-0.1, -0.05) is 43.7 Å². The van der Waals surface area contributed by atoms with Gasteiger partial charge in [0.2, 0.25) is 0 Å². The van der Waals surface area contributed by atoms with Gasteiger partial charge in [0.05, 0.1) is 5.69 Å². The van der Waals surface area contributed by atoms with Crippen molar-refractivity contribution in [1.82, 2.24) is 4.98 Å². The standard InChI is InChI=1S/C24H25NOS.ClH/c1-14-7-6-8-15(11-14)20-21-16-9-4-5-10-19(16)27-23(21)25-17-12-24(2,3)13-18(26)22(17)20;/h6-8,11H,4-5,9-10,12-13H2,1-3H3;1H/p-1. The average molecular weight is 411 g/mol. The third-order valence-electron chi connectivity index (χ3n) is 6.05. The molecule has 0 bridgehead atoms. The van der Waals surface area contributed by atoms with E-state index in [1.54, 1.807) is 0 Å². The molecule has 0 atom stereocenters. The van der Waals surface area contributed by atoms with E-state index in [9.17, 15) is 4.79 Å². The van der Waals surface area contributed by atoms with E-state index < -0.39 is 0 Å². The number of carbonyl (C=O) groups excluding carboxylic acids is 1. The molecule has 2 nitrogen and oxygen atoms in total. The monoisotopic (exact) mass is 410 g/mol. The number of Topliss-reactive ketones (excluding diaryl/α,β-unsaturated/α-hetero) is 1. The van der Waals surface area contributed by atoms with E-state index in [1.807, 2.05) is 11.3 Å². The second-order valence-corrected chi connectivity index (χ2v) is 10.1. The van der Waals surface area contributed by atoms with E-state index in [0.717, 1.165) is 35.4 Å². The largest absolute Gasteiger partial charge is 1.00 e. The number of nitrogens with zero attached hydrogens (tertiary/aromatic N) is 1. The summed E-state index contributed by atoms with van der Waals surface area (Å²) in [5.41, 5.74) is 6.95. The highest BCUT2D eigenvalue weighted by molar-refractivity contribution is 7.19. The van der Waals surface area contributed by atoms with Crippen molar-refractivity contribution in [3.8, 4) is 11.1 Å². The molecule has 0 radical (unpaired) electrons. The Morgan fingerprint density at radius 1 is 1.07 bits per heavy atom. The lowest BCUT2D eigenvalue weighted by Crippen LogP contribution is -3.00. The molecule has 5 rings (SSSR count). The van der Waals surface area contributed by atoms with E-state index in [0.29, 0.717) is 6.42 Å². The van der Waals surface area contributed by atoms with Gasteiger partial charge in [-0.25, -0.2) is 4.98 Å². The highest BCUT2D eigenvalue weighted by Gasteiger charge is 2.36. The molecule has 2 heterocycles. The summed E-state index contributed by atoms with van der Waals surface area (Å²) in [6.07, 6.45) is 6.28. The highest BCUT2D eigenvalue weighted by Crippen LogP contribution is 2.46. The number of hydrogen-bond acceptors (Lipinski definition) is 3. The van der Waals surface area contributed by atoms with Crippen LogP contribution in [0.15, 0.2) is 24.3 Å². The van der Waals surface area contributed by atoms with Crippen molar-refractivity contribution in [2.24, 2.45) is 5.41 Å². The van der Waals surface area contributed by atoms with Crippen LogP contribution in [0.4, 0.5) is 0 Å². The van der Waals surface area contributed by atoms with Crippen LogP contribution in [0, 0.1) is 12.3 Å². The zero-order chi connectivity index (χ0) is 18.8. The Hall–Kier alpha value is -1.71. The Morgan fingerprint density at radius 2 is 1.86 bits per heavy atom. The van der Waals surface area contributed by atoms with Gasteiger partial charge in [-0.3, -0.25) is 4.79 Å². The van der Waals surface area contributed by atoms with Crippen LogP contribution >= 0.6 is 11.3 Å². The third-order valence-corrected chi connectivity index (χ3v) is 7.23. The van der Waals surface area contributed by atoms with Gasteiger partial charge in [0.1, 0.15) is 4.83 Å². The van der Waals surface area contributed by atoms with Crippen molar-refractivity contribution in [3.05, 3.63) is 51.5 Å². The van der Waals surface area contributed by atoms with Gasteiger partial charge in [-0.2, -0.15) is 0 Å². The quantitative estimate of drug-likeness (QED) is 0.616. The van der Waals surface area contributed by atoms with Gasteiger partial charge in [-0.05, 0) is 55.6 Å². The number of halogens is 1. The molecule has 0 N–H and O–H groups in total. The Kier molecular flexibility index (Phi) is 4.87. The summed E-state index contributed by atoms with van der Waals surface area (Å²) in [6, 6.07) is 8.64. The van der Waals surface area contributed by atoms with E-state index in [4.69, 9.17) is 4.98 Å². The maximum absolute atomic E-state index is 13.3. The lowest BCUT2D eigenvalue weighted by Gasteiger charge is -2.31. The first-order valence-corrected chi connectivity index (χ1v) is 10.8. The van der Waals surface area contributed by atoms with Crippen LogP contribution in [0.3, 0.4) is 0 Å². The summed E-state index contributed by atoms with van der Waals surface area (Å²) in [7, 11) is 0. The molecule has 0 saturated carbocycles. The maximum Gasteiger partial charge on any atom is 0.165 e. The number of rotatable bonds is 1. The smallest absolute Gasteiger partial charge is 0.165 e. The zero-order valence-corrected chi connectivity index (χ0v) is 18.3. The highest BCUT2D eigenvalue weighted by atomic mass is 35.5. The van der Waals surface area contributed by atoms with Gasteiger partial charge in [0.15, 0.2) is 5.78 Å². The minimum Gasteiger partial charge on any atom is -1.00 e. The first kappa shape index (κ1) is 19.6. The number of thiophene rings is 1. The van der Waals surface area contributed by atoms with Crippen LogP contribution in [0.1, 0.15) is 65.2 Å². The van der Waals surface area contributed by atoms with Gasteiger partial charge >= 0.3 is 0 Å². The Labute approximate surface area is 176 Å². The summed E-state index contributed by atoms with van der Waals surface area (Å²) >= 11 is 1.86. The number of pyridine rings is 1. The van der Waals surface area contributed by atoms with Crippen LogP contribution in [0.25, 0.3) is 21.3 Å². The number of aromatic nitrogens is 1. The molecular formula is C24H25ClNOS-. The Balaban J connectivity index is 0.00000192. The van der Waals surface area contributed by atoms with Crippen LogP contribution in [0.5, 0.6) is 0 Å². The topological polar surface area (TPSA) is 30.0 Å².